The Hall–Kier alpha value is 0.104. The molecule has 4 N–H and O–H groups in total. The molecule has 0 saturated heterocycles. The van der Waals surface area contributed by atoms with Crippen LogP contribution in [0.25, 0.3) is 0 Å². The fourth-order valence-electron chi connectivity index (χ4n) is 0. The van der Waals surface area contributed by atoms with Crippen molar-refractivity contribution in [1.82, 2.24) is 6.15 Å². The summed E-state index contributed by atoms with van der Waals surface area (Å²) >= 11 is -3.69. The van der Waals surface area contributed by atoms with Gasteiger partial charge < -0.3 is 6.15 Å². The molecule has 0 bridgehead atoms. The molecule has 0 fully saturated rings. The fourth-order valence-corrected chi connectivity index (χ4v) is 0. The van der Waals surface area contributed by atoms with Crippen LogP contribution < -0.4 is 6.15 Å². The van der Waals surface area contributed by atoms with Gasteiger partial charge in [0, 0.05) is 0 Å². The van der Waals surface area contributed by atoms with Crippen molar-refractivity contribution in [2.75, 3.05) is 0 Å². The van der Waals surface area contributed by atoms with Crippen LogP contribution in [0.3, 0.4) is 0 Å². The van der Waals surface area contributed by atoms with Crippen molar-refractivity contribution >= 4 is 0 Å². The van der Waals surface area contributed by atoms with Crippen molar-refractivity contribution in [3.8, 4) is 0 Å². The average Bonchev–Trinajstić information content (AvgIpc) is 0.811. The van der Waals surface area contributed by atoms with E-state index < -0.39 is 15.4 Å². The van der Waals surface area contributed by atoms with Gasteiger partial charge in [0.25, 0.3) is 0 Å². The van der Waals surface area contributed by atoms with Gasteiger partial charge in [-0.25, -0.2) is 0 Å². The Morgan fingerprint density at radius 2 is 1.40 bits per heavy atom. The number of rotatable bonds is 0. The Labute approximate surface area is 33.8 Å². The third-order valence-electron chi connectivity index (χ3n) is 0. The second-order valence-corrected chi connectivity index (χ2v) is 0.981. The van der Waals surface area contributed by atoms with E-state index in [0.29, 0.717) is 0 Å². The fraction of sp³-hybridized carbons (Fsp3) is 0. The Morgan fingerprint density at radius 1 is 1.40 bits per heavy atom. The van der Waals surface area contributed by atoms with E-state index in [1.54, 1.807) is 0 Å². The molecule has 0 amide bonds. The predicted molar refractivity (Wildman–Crippen MR) is 8.61 cm³/mol. The van der Waals surface area contributed by atoms with E-state index in [4.69, 9.17) is 11.4 Å². The van der Waals surface area contributed by atoms with E-state index in [0.717, 1.165) is 0 Å². The molecule has 5 heavy (non-hydrogen) atoms. The summed E-state index contributed by atoms with van der Waals surface area (Å²) in [5, 5.41) is 0. The number of hydrogen-bond acceptors (Lipinski definition) is 3. The summed E-state index contributed by atoms with van der Waals surface area (Å²) in [6, 6.07) is 0. The van der Waals surface area contributed by atoms with E-state index in [-0.39, 0.29) is 6.15 Å². The quantitative estimate of drug-likeness (QED) is 0.441. The molecule has 0 unspecified atom stereocenters. The van der Waals surface area contributed by atoms with Crippen molar-refractivity contribution in [2.45, 2.75) is 0 Å². The molecule has 0 radical (unpaired) electrons. The summed E-state index contributed by atoms with van der Waals surface area (Å²) in [5.74, 6) is 0. The summed E-state index contributed by atoms with van der Waals surface area (Å²) < 4.78 is 24.4. The molecule has 0 aromatic rings. The van der Waals surface area contributed by atoms with Gasteiger partial charge >= 0.3 is 26.8 Å². The molecule has 0 heterocycles. The molecule has 0 saturated carbocycles. The van der Waals surface area contributed by atoms with Crippen molar-refractivity contribution in [3.63, 3.8) is 0 Å². The zero-order valence-corrected chi connectivity index (χ0v) is 3.81. The average molecular weight is 117 g/mol. The first-order chi connectivity index (χ1) is 1.73. The molecular weight excluding hydrogens is 113 g/mol. The van der Waals surface area contributed by atoms with Crippen LogP contribution in [0.1, 0.15) is 0 Å². The molecule has 0 aliphatic carbocycles. The molecule has 0 aromatic heterocycles. The Kier molecular flexibility index (Phi) is 7.32. The number of hydrogen-bond donors (Lipinski definition) is 2. The first kappa shape index (κ1) is 8.92. The first-order valence-corrected chi connectivity index (χ1v) is 2.33. The topological polar surface area (TPSA) is 89.4 Å². The van der Waals surface area contributed by atoms with E-state index in [9.17, 15) is 0 Å². The maximum atomic E-state index is 8.67. The van der Waals surface area contributed by atoms with Crippen LogP contribution >= 0.6 is 0 Å². The molecule has 0 aliphatic heterocycles. The van der Waals surface area contributed by atoms with Gasteiger partial charge in [-0.15, -0.1) is 0 Å². The summed E-state index contributed by atoms with van der Waals surface area (Å²) in [5.41, 5.74) is 0. The standard InChI is InChI=1S/H3N.H2O.2O.V/h1H3;1H2;;;/q;;;;+1/p-1. The van der Waals surface area contributed by atoms with Gasteiger partial charge in [-0.05, 0) is 0 Å². The van der Waals surface area contributed by atoms with E-state index in [1.807, 2.05) is 0 Å². The zero-order chi connectivity index (χ0) is 3.58. The summed E-state index contributed by atoms with van der Waals surface area (Å²) in [7, 11) is 0. The van der Waals surface area contributed by atoms with Crippen LogP contribution in [0.2, 0.25) is 0 Å². The van der Waals surface area contributed by atoms with E-state index in [2.05, 4.69) is 0 Å². The summed E-state index contributed by atoms with van der Waals surface area (Å²) in [6.45, 7) is 0. The molecule has 4 nitrogen and oxygen atoms in total. The van der Waals surface area contributed by atoms with Crippen molar-refractivity contribution < 1.29 is 26.8 Å². The predicted octanol–water partition coefficient (Wildman–Crippen LogP) is -0.635. The van der Waals surface area contributed by atoms with Gasteiger partial charge in [0.1, 0.15) is 0 Å². The van der Waals surface area contributed by atoms with Gasteiger partial charge in [-0.2, -0.15) is 0 Å². The molecular formula is H4NO3V. The second-order valence-electron chi connectivity index (χ2n) is 0.238. The van der Waals surface area contributed by atoms with Gasteiger partial charge in [0.2, 0.25) is 0 Å². The third kappa shape index (κ3) is 1670. The van der Waals surface area contributed by atoms with E-state index >= 15 is 0 Å². The molecule has 0 atom stereocenters. The van der Waals surface area contributed by atoms with E-state index in [1.165, 1.54) is 0 Å². The van der Waals surface area contributed by atoms with Gasteiger partial charge in [-0.1, -0.05) is 0 Å². The molecule has 0 rings (SSSR count). The normalized spacial score (nSPS) is 5.00. The minimum atomic E-state index is -3.69. The molecule has 32 valence electrons. The Balaban J connectivity index is 0. The van der Waals surface area contributed by atoms with Crippen LogP contribution in [0.5, 0.6) is 0 Å². The van der Waals surface area contributed by atoms with Crippen molar-refractivity contribution in [1.29, 1.82) is 0 Å². The zero-order valence-electron chi connectivity index (χ0n) is 2.42. The SMILES string of the molecule is N.[O]=[V](=[O])[OH]. The van der Waals surface area contributed by atoms with Crippen LogP contribution in [-0.2, 0) is 22.7 Å². The van der Waals surface area contributed by atoms with Gasteiger partial charge in [-0.3, -0.25) is 0 Å². The van der Waals surface area contributed by atoms with Crippen LogP contribution in [-0.4, -0.2) is 4.03 Å². The maximum absolute atomic E-state index is 8.67. The minimum absolute atomic E-state index is 0. The summed E-state index contributed by atoms with van der Waals surface area (Å²) in [6.07, 6.45) is 0. The molecule has 5 heteroatoms. The molecule has 0 aromatic carbocycles. The van der Waals surface area contributed by atoms with Gasteiger partial charge in [0.15, 0.2) is 0 Å². The summed E-state index contributed by atoms with van der Waals surface area (Å²) in [4.78, 5) is 0. The molecule has 0 aliphatic rings. The van der Waals surface area contributed by atoms with Crippen LogP contribution in [0, 0.1) is 0 Å². The molecule has 0 spiro atoms. The van der Waals surface area contributed by atoms with Crippen molar-refractivity contribution in [3.05, 3.63) is 0 Å². The second kappa shape index (κ2) is 4.10. The first-order valence-electron chi connectivity index (χ1n) is 0.565. The van der Waals surface area contributed by atoms with Crippen LogP contribution in [0.15, 0.2) is 0 Å². The van der Waals surface area contributed by atoms with Crippen LogP contribution in [0.4, 0.5) is 0 Å². The monoisotopic (exact) mass is 117 g/mol. The Bertz CT molecular complexity index is 55.3. The van der Waals surface area contributed by atoms with Gasteiger partial charge in [0.05, 0.1) is 0 Å². The third-order valence-corrected chi connectivity index (χ3v) is 0. The van der Waals surface area contributed by atoms with Crippen molar-refractivity contribution in [2.24, 2.45) is 0 Å². The Morgan fingerprint density at radius 3 is 1.40 bits per heavy atom.